The molecule has 2 fully saturated rings. The summed E-state index contributed by atoms with van der Waals surface area (Å²) in [5, 5.41) is 3.61. The highest BCUT2D eigenvalue weighted by Crippen LogP contribution is 2.34. The zero-order valence-corrected chi connectivity index (χ0v) is 10.1. The predicted molar refractivity (Wildman–Crippen MR) is 63.0 cm³/mol. The Bertz CT molecular complexity index is 181. The van der Waals surface area contributed by atoms with Crippen LogP contribution >= 0.6 is 0 Å². The van der Waals surface area contributed by atoms with E-state index in [0.717, 1.165) is 13.2 Å². The molecule has 0 spiro atoms. The minimum absolute atomic E-state index is 0.497. The highest BCUT2D eigenvalue weighted by molar-refractivity contribution is 4.81. The molecule has 2 nitrogen and oxygen atoms in total. The maximum absolute atomic E-state index is 5.61. The highest BCUT2D eigenvalue weighted by atomic mass is 16.5. The molecule has 0 aromatic heterocycles. The molecule has 0 aromatic rings. The van der Waals surface area contributed by atoms with Crippen LogP contribution in [-0.4, -0.2) is 25.8 Å². The molecule has 1 saturated heterocycles. The van der Waals surface area contributed by atoms with Gasteiger partial charge in [-0.15, -0.1) is 0 Å². The van der Waals surface area contributed by atoms with E-state index in [0.29, 0.717) is 11.5 Å². The largest absolute Gasteiger partial charge is 0.377 e. The summed E-state index contributed by atoms with van der Waals surface area (Å²) in [7, 11) is 0. The van der Waals surface area contributed by atoms with Crippen LogP contribution < -0.4 is 5.32 Å². The summed E-state index contributed by atoms with van der Waals surface area (Å²) in [6.07, 6.45) is 10.1. The third-order valence-corrected chi connectivity index (χ3v) is 4.01. The fourth-order valence-corrected chi connectivity index (χ4v) is 2.92. The molecule has 0 aromatic carbocycles. The van der Waals surface area contributed by atoms with Crippen molar-refractivity contribution in [1.82, 2.24) is 5.32 Å². The van der Waals surface area contributed by atoms with Gasteiger partial charge in [-0.3, -0.25) is 0 Å². The van der Waals surface area contributed by atoms with Gasteiger partial charge in [-0.1, -0.05) is 26.2 Å². The van der Waals surface area contributed by atoms with Crippen molar-refractivity contribution in [1.29, 1.82) is 0 Å². The first-order valence-corrected chi connectivity index (χ1v) is 6.61. The predicted octanol–water partition coefficient (Wildman–Crippen LogP) is 2.73. The monoisotopic (exact) mass is 211 g/mol. The molecular weight excluding hydrogens is 186 g/mol. The fourth-order valence-electron chi connectivity index (χ4n) is 2.92. The van der Waals surface area contributed by atoms with Crippen LogP contribution in [0.4, 0.5) is 0 Å². The van der Waals surface area contributed by atoms with E-state index in [2.05, 4.69) is 12.2 Å². The molecular formula is C13H25NO. The van der Waals surface area contributed by atoms with E-state index in [9.17, 15) is 0 Å². The first-order chi connectivity index (χ1) is 7.29. The molecule has 1 aliphatic heterocycles. The van der Waals surface area contributed by atoms with E-state index in [1.54, 1.807) is 0 Å². The smallest absolute Gasteiger partial charge is 0.0700 e. The lowest BCUT2D eigenvalue weighted by atomic mass is 9.76. The average Bonchev–Trinajstić information content (AvgIpc) is 2.71. The van der Waals surface area contributed by atoms with E-state index < -0.39 is 0 Å². The van der Waals surface area contributed by atoms with Crippen LogP contribution in [-0.2, 0) is 4.74 Å². The zero-order valence-electron chi connectivity index (χ0n) is 10.1. The Hall–Kier alpha value is -0.0800. The second-order valence-corrected chi connectivity index (χ2v) is 5.64. The van der Waals surface area contributed by atoms with Gasteiger partial charge in [-0.05, 0) is 31.1 Å². The van der Waals surface area contributed by atoms with Crippen molar-refractivity contribution < 1.29 is 4.74 Å². The van der Waals surface area contributed by atoms with Gasteiger partial charge in [-0.2, -0.15) is 0 Å². The van der Waals surface area contributed by atoms with Crippen LogP contribution in [0.1, 0.15) is 51.9 Å². The Morgan fingerprint density at radius 2 is 2.00 bits per heavy atom. The number of ether oxygens (including phenoxy) is 1. The Morgan fingerprint density at radius 3 is 2.67 bits per heavy atom. The number of rotatable bonds is 4. The van der Waals surface area contributed by atoms with Crippen LogP contribution in [0.3, 0.4) is 0 Å². The van der Waals surface area contributed by atoms with Crippen LogP contribution in [0, 0.1) is 5.41 Å². The topological polar surface area (TPSA) is 21.3 Å². The van der Waals surface area contributed by atoms with Crippen molar-refractivity contribution in [3.8, 4) is 0 Å². The van der Waals surface area contributed by atoms with Crippen LogP contribution in [0.2, 0.25) is 0 Å². The van der Waals surface area contributed by atoms with Crippen LogP contribution in [0.5, 0.6) is 0 Å². The maximum atomic E-state index is 5.61. The molecule has 1 unspecified atom stereocenters. The van der Waals surface area contributed by atoms with Crippen molar-refractivity contribution in [2.75, 3.05) is 19.7 Å². The van der Waals surface area contributed by atoms with Gasteiger partial charge < -0.3 is 10.1 Å². The molecule has 0 amide bonds. The van der Waals surface area contributed by atoms with Gasteiger partial charge in [0.15, 0.2) is 0 Å². The second kappa shape index (κ2) is 5.31. The van der Waals surface area contributed by atoms with Crippen molar-refractivity contribution in [3.05, 3.63) is 0 Å². The van der Waals surface area contributed by atoms with Gasteiger partial charge in [0.25, 0.3) is 0 Å². The first-order valence-electron chi connectivity index (χ1n) is 6.61. The van der Waals surface area contributed by atoms with Crippen molar-refractivity contribution in [3.63, 3.8) is 0 Å². The minimum Gasteiger partial charge on any atom is -0.377 e. The van der Waals surface area contributed by atoms with E-state index >= 15 is 0 Å². The molecule has 0 bridgehead atoms. The van der Waals surface area contributed by atoms with E-state index in [1.807, 2.05) is 0 Å². The third kappa shape index (κ3) is 3.46. The first kappa shape index (κ1) is 11.4. The van der Waals surface area contributed by atoms with Gasteiger partial charge >= 0.3 is 0 Å². The summed E-state index contributed by atoms with van der Waals surface area (Å²) in [6, 6.07) is 0. The molecule has 2 rings (SSSR count). The molecule has 1 N–H and O–H groups in total. The standard InChI is InChI=1S/C13H25NO/c1-13(7-3-2-4-8-13)11-14-10-12-6-5-9-15-12/h12,14H,2-11H2,1H3. The Kier molecular flexibility index (Phi) is 4.04. The molecule has 0 radical (unpaired) electrons. The Labute approximate surface area is 93.8 Å². The average molecular weight is 211 g/mol. The maximum Gasteiger partial charge on any atom is 0.0700 e. The van der Waals surface area contributed by atoms with Gasteiger partial charge in [0, 0.05) is 19.7 Å². The SMILES string of the molecule is CC1(CNCC2CCCO2)CCCCC1. The Morgan fingerprint density at radius 1 is 1.20 bits per heavy atom. The molecule has 88 valence electrons. The lowest BCUT2D eigenvalue weighted by Gasteiger charge is -2.34. The van der Waals surface area contributed by atoms with Gasteiger partial charge in [0.1, 0.15) is 0 Å². The van der Waals surface area contributed by atoms with E-state index in [-0.39, 0.29) is 0 Å². The van der Waals surface area contributed by atoms with Crippen LogP contribution in [0.25, 0.3) is 0 Å². The second-order valence-electron chi connectivity index (χ2n) is 5.64. The lowest BCUT2D eigenvalue weighted by molar-refractivity contribution is 0.104. The summed E-state index contributed by atoms with van der Waals surface area (Å²) in [4.78, 5) is 0. The Balaban J connectivity index is 1.63. The summed E-state index contributed by atoms with van der Waals surface area (Å²) in [6.45, 7) is 5.67. The summed E-state index contributed by atoms with van der Waals surface area (Å²) in [5.41, 5.74) is 0.566. The van der Waals surface area contributed by atoms with Crippen molar-refractivity contribution >= 4 is 0 Å². The molecule has 1 heterocycles. The summed E-state index contributed by atoms with van der Waals surface area (Å²) in [5.74, 6) is 0. The molecule has 1 saturated carbocycles. The normalized spacial score (nSPS) is 30.6. The fraction of sp³-hybridized carbons (Fsp3) is 1.00. The van der Waals surface area contributed by atoms with Gasteiger partial charge in [-0.25, -0.2) is 0 Å². The van der Waals surface area contributed by atoms with Gasteiger partial charge in [0.05, 0.1) is 6.10 Å². The van der Waals surface area contributed by atoms with Gasteiger partial charge in [0.2, 0.25) is 0 Å². The summed E-state index contributed by atoms with van der Waals surface area (Å²) >= 11 is 0. The number of nitrogens with one attached hydrogen (secondary N) is 1. The minimum atomic E-state index is 0.497. The lowest BCUT2D eigenvalue weighted by Crippen LogP contribution is -2.37. The third-order valence-electron chi connectivity index (χ3n) is 4.01. The van der Waals surface area contributed by atoms with E-state index in [1.165, 1.54) is 51.5 Å². The summed E-state index contributed by atoms with van der Waals surface area (Å²) < 4.78 is 5.61. The highest BCUT2D eigenvalue weighted by Gasteiger charge is 2.26. The quantitative estimate of drug-likeness (QED) is 0.772. The van der Waals surface area contributed by atoms with E-state index in [4.69, 9.17) is 4.74 Å². The molecule has 1 aliphatic carbocycles. The zero-order chi connectivity index (χ0) is 10.6. The number of hydrogen-bond acceptors (Lipinski definition) is 2. The van der Waals surface area contributed by atoms with Crippen molar-refractivity contribution in [2.45, 2.75) is 58.0 Å². The molecule has 1 atom stereocenters. The molecule has 2 heteroatoms. The van der Waals surface area contributed by atoms with Crippen LogP contribution in [0.15, 0.2) is 0 Å². The van der Waals surface area contributed by atoms with Crippen molar-refractivity contribution in [2.24, 2.45) is 5.41 Å². The molecule has 2 aliphatic rings. The molecule has 15 heavy (non-hydrogen) atoms. The number of hydrogen-bond donors (Lipinski definition) is 1.